The molecule has 1 aliphatic rings. The van der Waals surface area contributed by atoms with Gasteiger partial charge in [-0.3, -0.25) is 14.4 Å². The van der Waals surface area contributed by atoms with Crippen molar-refractivity contribution in [1.82, 2.24) is 19.6 Å². The lowest BCUT2D eigenvalue weighted by Crippen LogP contribution is -2.48. The van der Waals surface area contributed by atoms with Crippen LogP contribution < -0.4 is 0 Å². The molecule has 128 valence electrons. The van der Waals surface area contributed by atoms with Crippen LogP contribution in [0.4, 0.5) is 4.39 Å². The van der Waals surface area contributed by atoms with Gasteiger partial charge in [0, 0.05) is 44.8 Å². The van der Waals surface area contributed by atoms with E-state index in [9.17, 15) is 9.18 Å². The van der Waals surface area contributed by atoms with Crippen molar-refractivity contribution in [2.75, 3.05) is 26.2 Å². The summed E-state index contributed by atoms with van der Waals surface area (Å²) in [6.07, 6.45) is 1.63. The smallest absolute Gasteiger partial charge is 0.273 e. The Morgan fingerprint density at radius 2 is 2.04 bits per heavy atom. The van der Waals surface area contributed by atoms with Gasteiger partial charge < -0.3 is 4.90 Å². The number of rotatable bonds is 3. The highest BCUT2D eigenvalue weighted by Gasteiger charge is 2.26. The molecule has 1 aromatic heterocycles. The average molecular weight is 416 g/mol. The number of piperazine rings is 1. The van der Waals surface area contributed by atoms with Gasteiger partial charge in [-0.2, -0.15) is 5.10 Å². The summed E-state index contributed by atoms with van der Waals surface area (Å²) in [4.78, 5) is 16.6. The largest absolute Gasteiger partial charge is 0.335 e. The molecule has 2 aromatic rings. The zero-order chi connectivity index (χ0) is 17.3. The minimum absolute atomic E-state index is 0.0265. The lowest BCUT2D eigenvalue weighted by molar-refractivity contribution is 0.0617. The maximum absolute atomic E-state index is 13.1. The van der Waals surface area contributed by atoms with Gasteiger partial charge >= 0.3 is 0 Å². The van der Waals surface area contributed by atoms with Gasteiger partial charge in [0.1, 0.15) is 11.5 Å². The van der Waals surface area contributed by atoms with E-state index in [0.717, 1.165) is 18.7 Å². The van der Waals surface area contributed by atoms with Crippen LogP contribution in [-0.4, -0.2) is 51.7 Å². The van der Waals surface area contributed by atoms with Crippen LogP contribution in [0, 0.1) is 5.82 Å². The molecule has 0 saturated carbocycles. The zero-order valence-electron chi connectivity index (χ0n) is 13.2. The van der Waals surface area contributed by atoms with Gasteiger partial charge in [-0.15, -0.1) is 0 Å². The van der Waals surface area contributed by atoms with Crippen LogP contribution in [0.5, 0.6) is 0 Å². The van der Waals surface area contributed by atoms with Crippen LogP contribution in [-0.2, 0) is 13.6 Å². The van der Waals surface area contributed by atoms with Crippen molar-refractivity contribution in [3.63, 3.8) is 0 Å². The lowest BCUT2D eigenvalue weighted by Gasteiger charge is -2.34. The normalized spacial score (nSPS) is 15.8. The van der Waals surface area contributed by atoms with Gasteiger partial charge in [-0.25, -0.2) is 4.39 Å². The van der Waals surface area contributed by atoms with Crippen LogP contribution in [0.3, 0.4) is 0 Å². The van der Waals surface area contributed by atoms with Crippen LogP contribution in [0.2, 0.25) is 5.02 Å². The highest BCUT2D eigenvalue weighted by atomic mass is 79.9. The predicted molar refractivity (Wildman–Crippen MR) is 93.5 cm³/mol. The summed E-state index contributed by atoms with van der Waals surface area (Å²) in [7, 11) is 1.75. The Morgan fingerprint density at radius 3 is 2.62 bits per heavy atom. The molecule has 1 aliphatic heterocycles. The van der Waals surface area contributed by atoms with Crippen molar-refractivity contribution >= 4 is 33.4 Å². The van der Waals surface area contributed by atoms with Crippen LogP contribution >= 0.6 is 27.5 Å². The highest BCUT2D eigenvalue weighted by Crippen LogP contribution is 2.21. The van der Waals surface area contributed by atoms with Gasteiger partial charge in [-0.05, 0) is 33.6 Å². The van der Waals surface area contributed by atoms with Gasteiger partial charge in [0.25, 0.3) is 5.91 Å². The SMILES string of the molecule is Cn1ncc(Br)c1C(=O)N1CCN(Cc2ccc(F)cc2Cl)CC1. The summed E-state index contributed by atoms with van der Waals surface area (Å²) in [6.45, 7) is 3.41. The number of benzene rings is 1. The highest BCUT2D eigenvalue weighted by molar-refractivity contribution is 9.10. The summed E-state index contributed by atoms with van der Waals surface area (Å²) in [5.41, 5.74) is 1.46. The number of hydrogen-bond acceptors (Lipinski definition) is 3. The maximum Gasteiger partial charge on any atom is 0.273 e. The minimum Gasteiger partial charge on any atom is -0.335 e. The number of aromatic nitrogens is 2. The van der Waals surface area contributed by atoms with E-state index < -0.39 is 0 Å². The summed E-state index contributed by atoms with van der Waals surface area (Å²) < 4.78 is 15.4. The number of amides is 1. The summed E-state index contributed by atoms with van der Waals surface area (Å²) in [5, 5.41) is 4.52. The Bertz CT molecular complexity index is 739. The Kier molecular flexibility index (Phi) is 5.22. The van der Waals surface area contributed by atoms with E-state index in [0.29, 0.717) is 34.8 Å². The van der Waals surface area contributed by atoms with Gasteiger partial charge in [0.05, 0.1) is 10.7 Å². The number of carbonyl (C=O) groups excluding carboxylic acids is 1. The fraction of sp³-hybridized carbons (Fsp3) is 0.375. The van der Waals surface area contributed by atoms with Crippen molar-refractivity contribution in [2.45, 2.75) is 6.54 Å². The van der Waals surface area contributed by atoms with Crippen molar-refractivity contribution in [3.8, 4) is 0 Å². The fourth-order valence-electron chi connectivity index (χ4n) is 2.80. The van der Waals surface area contributed by atoms with Crippen molar-refractivity contribution < 1.29 is 9.18 Å². The van der Waals surface area contributed by atoms with E-state index in [-0.39, 0.29) is 11.7 Å². The lowest BCUT2D eigenvalue weighted by atomic mass is 10.2. The summed E-state index contributed by atoms with van der Waals surface area (Å²) in [5.74, 6) is -0.359. The molecule has 1 fully saturated rings. The Hall–Kier alpha value is -1.44. The molecule has 0 radical (unpaired) electrons. The van der Waals surface area contributed by atoms with Gasteiger partial charge in [0.15, 0.2) is 0 Å². The van der Waals surface area contributed by atoms with Gasteiger partial charge in [-0.1, -0.05) is 17.7 Å². The van der Waals surface area contributed by atoms with E-state index in [4.69, 9.17) is 11.6 Å². The molecule has 1 aromatic carbocycles. The third kappa shape index (κ3) is 3.63. The predicted octanol–water partition coefficient (Wildman–Crippen LogP) is 2.93. The first-order valence-corrected chi connectivity index (χ1v) is 8.76. The molecule has 1 amide bonds. The van der Waals surface area contributed by atoms with E-state index in [1.807, 2.05) is 4.90 Å². The number of aryl methyl sites for hydroxylation is 1. The number of halogens is 3. The Morgan fingerprint density at radius 1 is 1.33 bits per heavy atom. The maximum atomic E-state index is 13.1. The van der Waals surface area contributed by atoms with E-state index in [1.54, 1.807) is 24.0 Å². The molecule has 8 heteroatoms. The van der Waals surface area contributed by atoms with E-state index >= 15 is 0 Å². The third-order valence-electron chi connectivity index (χ3n) is 4.17. The molecule has 5 nitrogen and oxygen atoms in total. The molecule has 3 rings (SSSR count). The topological polar surface area (TPSA) is 41.4 Å². The summed E-state index contributed by atoms with van der Waals surface area (Å²) in [6, 6.07) is 4.46. The molecule has 0 unspecified atom stereocenters. The third-order valence-corrected chi connectivity index (χ3v) is 5.10. The molecule has 0 atom stereocenters. The molecular formula is C16H17BrClFN4O. The average Bonchev–Trinajstić information content (AvgIpc) is 2.89. The van der Waals surface area contributed by atoms with Crippen molar-refractivity contribution in [3.05, 3.63) is 51.0 Å². The molecule has 1 saturated heterocycles. The van der Waals surface area contributed by atoms with Crippen LogP contribution in [0.25, 0.3) is 0 Å². The van der Waals surface area contributed by atoms with Crippen molar-refractivity contribution in [2.24, 2.45) is 7.05 Å². The number of nitrogens with zero attached hydrogens (tertiary/aromatic N) is 4. The second-order valence-electron chi connectivity index (χ2n) is 5.77. The standard InChI is InChI=1S/C16H17BrClFN4O/c1-21-15(13(17)9-20-21)16(24)23-6-4-22(5-7-23)10-11-2-3-12(19)8-14(11)18/h2-3,8-9H,4-7,10H2,1H3. The van der Waals surface area contributed by atoms with E-state index in [1.165, 1.54) is 12.1 Å². The molecule has 0 N–H and O–H groups in total. The fourth-order valence-corrected chi connectivity index (χ4v) is 3.55. The Balaban J connectivity index is 1.60. The van der Waals surface area contributed by atoms with Crippen LogP contribution in [0.15, 0.2) is 28.9 Å². The first kappa shape index (κ1) is 17.4. The van der Waals surface area contributed by atoms with E-state index in [2.05, 4.69) is 25.9 Å². The molecule has 24 heavy (non-hydrogen) atoms. The minimum atomic E-state index is -0.332. The molecular weight excluding hydrogens is 399 g/mol. The molecule has 2 heterocycles. The Labute approximate surface area is 153 Å². The summed E-state index contributed by atoms with van der Waals surface area (Å²) >= 11 is 9.45. The zero-order valence-corrected chi connectivity index (χ0v) is 15.5. The van der Waals surface area contributed by atoms with Gasteiger partial charge in [0.2, 0.25) is 0 Å². The first-order valence-electron chi connectivity index (χ1n) is 7.59. The molecule has 0 spiro atoms. The number of hydrogen-bond donors (Lipinski definition) is 0. The van der Waals surface area contributed by atoms with Crippen molar-refractivity contribution in [1.29, 1.82) is 0 Å². The first-order chi connectivity index (χ1) is 11.5. The molecule has 0 aliphatic carbocycles. The quantitative estimate of drug-likeness (QED) is 0.774. The second-order valence-corrected chi connectivity index (χ2v) is 7.03. The van der Waals surface area contributed by atoms with Crippen LogP contribution in [0.1, 0.15) is 16.1 Å². The monoisotopic (exact) mass is 414 g/mol. The number of carbonyl (C=O) groups is 1. The molecule has 0 bridgehead atoms. The second kappa shape index (κ2) is 7.21.